The van der Waals surface area contributed by atoms with Crippen molar-refractivity contribution in [2.75, 3.05) is 20.8 Å². The number of rotatable bonds is 12. The van der Waals surface area contributed by atoms with Crippen LogP contribution in [0.1, 0.15) is 55.3 Å². The third-order valence-corrected chi connectivity index (χ3v) is 3.75. The molecule has 0 radical (unpaired) electrons. The van der Waals surface area contributed by atoms with E-state index in [-0.39, 0.29) is 17.1 Å². The highest BCUT2D eigenvalue weighted by Gasteiger charge is 2.20. The minimum Gasteiger partial charge on any atom is -0.507 e. The number of methoxy groups -OCH3 is 2. The summed E-state index contributed by atoms with van der Waals surface area (Å²) in [4.78, 5) is 12.1. The van der Waals surface area contributed by atoms with Crippen molar-refractivity contribution in [2.24, 2.45) is 0 Å². The molecule has 1 rings (SSSR count). The van der Waals surface area contributed by atoms with Crippen molar-refractivity contribution in [3.05, 3.63) is 30.4 Å². The predicted molar refractivity (Wildman–Crippen MR) is 94.0 cm³/mol. The lowest BCUT2D eigenvalue weighted by Crippen LogP contribution is -2.09. The molecular formula is C19H28O5. The topological polar surface area (TPSA) is 65.0 Å². The van der Waals surface area contributed by atoms with E-state index >= 15 is 0 Å². The predicted octanol–water partition coefficient (Wildman–Crippen LogP) is 4.48. The number of unbranched alkanes of at least 4 members (excludes halogenated alkanes) is 6. The minimum atomic E-state index is -0.585. The van der Waals surface area contributed by atoms with Crippen molar-refractivity contribution >= 4 is 5.97 Å². The molecule has 0 aliphatic heterocycles. The number of benzene rings is 1. The fourth-order valence-electron chi connectivity index (χ4n) is 2.40. The van der Waals surface area contributed by atoms with Crippen LogP contribution in [0.2, 0.25) is 0 Å². The number of phenols is 1. The van der Waals surface area contributed by atoms with E-state index in [1.165, 1.54) is 39.5 Å². The van der Waals surface area contributed by atoms with E-state index in [0.29, 0.717) is 12.4 Å². The Morgan fingerprint density at radius 3 is 2.38 bits per heavy atom. The first-order chi connectivity index (χ1) is 11.6. The van der Waals surface area contributed by atoms with E-state index < -0.39 is 5.97 Å². The second-order valence-corrected chi connectivity index (χ2v) is 5.56. The normalized spacial score (nSPS) is 10.2. The molecule has 5 nitrogen and oxygen atoms in total. The van der Waals surface area contributed by atoms with Crippen LogP contribution in [0.5, 0.6) is 17.2 Å². The van der Waals surface area contributed by atoms with Gasteiger partial charge in [-0.05, 0) is 19.3 Å². The Balaban J connectivity index is 2.37. The SMILES string of the molecule is C=CCCCCCCCCOC(=O)c1c(O)cc(OC)cc1OC. The van der Waals surface area contributed by atoms with Gasteiger partial charge in [0.05, 0.1) is 20.8 Å². The van der Waals surface area contributed by atoms with Gasteiger partial charge in [0, 0.05) is 12.1 Å². The molecule has 0 saturated carbocycles. The van der Waals surface area contributed by atoms with Crippen LogP contribution in [-0.4, -0.2) is 31.9 Å². The van der Waals surface area contributed by atoms with Crippen LogP contribution in [-0.2, 0) is 4.74 Å². The summed E-state index contributed by atoms with van der Waals surface area (Å²) in [6.45, 7) is 4.04. The van der Waals surface area contributed by atoms with Crippen LogP contribution in [0.3, 0.4) is 0 Å². The van der Waals surface area contributed by atoms with Crippen molar-refractivity contribution in [1.82, 2.24) is 0 Å². The van der Waals surface area contributed by atoms with Gasteiger partial charge in [0.2, 0.25) is 0 Å². The second kappa shape index (κ2) is 11.4. The molecular weight excluding hydrogens is 308 g/mol. The molecule has 0 amide bonds. The molecule has 1 N–H and O–H groups in total. The molecule has 24 heavy (non-hydrogen) atoms. The van der Waals surface area contributed by atoms with E-state index in [2.05, 4.69) is 6.58 Å². The average molecular weight is 336 g/mol. The van der Waals surface area contributed by atoms with Crippen molar-refractivity contribution < 1.29 is 24.1 Å². The van der Waals surface area contributed by atoms with E-state index in [9.17, 15) is 9.90 Å². The van der Waals surface area contributed by atoms with Crippen molar-refractivity contribution in [3.8, 4) is 17.2 Å². The third kappa shape index (κ3) is 6.52. The summed E-state index contributed by atoms with van der Waals surface area (Å²) in [5.41, 5.74) is 0.0303. The number of carbonyl (C=O) groups excluding carboxylic acids is 1. The molecule has 0 aliphatic carbocycles. The maximum atomic E-state index is 12.1. The Kier molecular flexibility index (Phi) is 9.42. The Bertz CT molecular complexity index is 525. The van der Waals surface area contributed by atoms with Gasteiger partial charge < -0.3 is 19.3 Å². The number of phenolic OH excluding ortho intramolecular Hbond substituents is 1. The monoisotopic (exact) mass is 336 g/mol. The Hall–Kier alpha value is -2.17. The van der Waals surface area contributed by atoms with Gasteiger partial charge in [-0.15, -0.1) is 6.58 Å². The standard InChI is InChI=1S/C19H28O5/c1-4-5-6-7-8-9-10-11-12-24-19(21)18-16(20)13-15(22-2)14-17(18)23-3/h4,13-14,20H,1,5-12H2,2-3H3. The lowest BCUT2D eigenvalue weighted by atomic mass is 10.1. The number of allylic oxidation sites excluding steroid dienone is 1. The van der Waals surface area contributed by atoms with E-state index in [0.717, 1.165) is 25.7 Å². The zero-order chi connectivity index (χ0) is 17.8. The molecule has 0 heterocycles. The fourth-order valence-corrected chi connectivity index (χ4v) is 2.40. The van der Waals surface area contributed by atoms with Gasteiger partial charge in [-0.25, -0.2) is 4.79 Å². The van der Waals surface area contributed by atoms with Crippen LogP contribution >= 0.6 is 0 Å². The first kappa shape index (κ1) is 19.9. The molecule has 1 aromatic carbocycles. The molecule has 0 atom stereocenters. The molecule has 0 unspecified atom stereocenters. The summed E-state index contributed by atoms with van der Waals surface area (Å²) < 4.78 is 15.4. The summed E-state index contributed by atoms with van der Waals surface area (Å²) in [5, 5.41) is 9.98. The van der Waals surface area contributed by atoms with Gasteiger partial charge in [0.25, 0.3) is 0 Å². The first-order valence-corrected chi connectivity index (χ1v) is 8.37. The lowest BCUT2D eigenvalue weighted by Gasteiger charge is -2.12. The molecule has 0 fully saturated rings. The number of ether oxygens (including phenoxy) is 3. The summed E-state index contributed by atoms with van der Waals surface area (Å²) >= 11 is 0. The first-order valence-electron chi connectivity index (χ1n) is 8.37. The molecule has 0 aliphatic rings. The van der Waals surface area contributed by atoms with E-state index in [1.807, 2.05) is 6.08 Å². The van der Waals surface area contributed by atoms with Crippen LogP contribution in [0, 0.1) is 0 Å². The highest BCUT2D eigenvalue weighted by Crippen LogP contribution is 2.33. The summed E-state index contributed by atoms with van der Waals surface area (Å²) in [5.74, 6) is -0.146. The Morgan fingerprint density at radius 1 is 1.08 bits per heavy atom. The number of carbonyl (C=O) groups is 1. The second-order valence-electron chi connectivity index (χ2n) is 5.56. The molecule has 1 aromatic rings. The van der Waals surface area contributed by atoms with E-state index in [1.54, 1.807) is 6.07 Å². The zero-order valence-electron chi connectivity index (χ0n) is 14.7. The Labute approximate surface area is 144 Å². The van der Waals surface area contributed by atoms with Gasteiger partial charge >= 0.3 is 5.97 Å². The highest BCUT2D eigenvalue weighted by atomic mass is 16.5. The number of esters is 1. The van der Waals surface area contributed by atoms with Crippen molar-refractivity contribution in [1.29, 1.82) is 0 Å². The van der Waals surface area contributed by atoms with Crippen molar-refractivity contribution in [2.45, 2.75) is 44.9 Å². The molecule has 5 heteroatoms. The molecule has 0 spiro atoms. The van der Waals surface area contributed by atoms with Gasteiger partial charge in [-0.2, -0.15) is 0 Å². The number of hydrogen-bond acceptors (Lipinski definition) is 5. The molecule has 134 valence electrons. The number of hydrogen-bond donors (Lipinski definition) is 1. The van der Waals surface area contributed by atoms with Gasteiger partial charge in [-0.1, -0.05) is 31.8 Å². The average Bonchev–Trinajstić information content (AvgIpc) is 2.59. The smallest absolute Gasteiger partial charge is 0.345 e. The minimum absolute atomic E-state index is 0.0303. The molecule has 0 bridgehead atoms. The molecule has 0 saturated heterocycles. The summed E-state index contributed by atoms with van der Waals surface area (Å²) in [7, 11) is 2.90. The molecule has 0 aromatic heterocycles. The Morgan fingerprint density at radius 2 is 1.75 bits per heavy atom. The van der Waals surface area contributed by atoms with Gasteiger partial charge in [0.1, 0.15) is 22.8 Å². The zero-order valence-corrected chi connectivity index (χ0v) is 14.7. The van der Waals surface area contributed by atoms with Crippen molar-refractivity contribution in [3.63, 3.8) is 0 Å². The maximum Gasteiger partial charge on any atom is 0.345 e. The summed E-state index contributed by atoms with van der Waals surface area (Å²) in [6, 6.07) is 2.90. The largest absolute Gasteiger partial charge is 0.507 e. The van der Waals surface area contributed by atoms with Crippen LogP contribution in [0.25, 0.3) is 0 Å². The van der Waals surface area contributed by atoms with Gasteiger partial charge in [-0.3, -0.25) is 0 Å². The highest BCUT2D eigenvalue weighted by molar-refractivity contribution is 5.95. The van der Waals surface area contributed by atoms with Crippen LogP contribution in [0.4, 0.5) is 0 Å². The van der Waals surface area contributed by atoms with E-state index in [4.69, 9.17) is 14.2 Å². The van der Waals surface area contributed by atoms with Crippen LogP contribution in [0.15, 0.2) is 24.8 Å². The maximum absolute atomic E-state index is 12.1. The fraction of sp³-hybridized carbons (Fsp3) is 0.526. The quantitative estimate of drug-likeness (QED) is 0.346. The van der Waals surface area contributed by atoms with Crippen LogP contribution < -0.4 is 9.47 Å². The lowest BCUT2D eigenvalue weighted by molar-refractivity contribution is 0.0490. The third-order valence-electron chi connectivity index (χ3n) is 3.75. The number of aromatic hydroxyl groups is 1. The summed E-state index contributed by atoms with van der Waals surface area (Å²) in [6.07, 6.45) is 9.57. The van der Waals surface area contributed by atoms with Gasteiger partial charge in [0.15, 0.2) is 0 Å².